The lowest BCUT2D eigenvalue weighted by molar-refractivity contribution is 0.0948. The van der Waals surface area contributed by atoms with Crippen LogP contribution in [0.5, 0.6) is 5.75 Å². The summed E-state index contributed by atoms with van der Waals surface area (Å²) in [7, 11) is 0. The van der Waals surface area contributed by atoms with Crippen molar-refractivity contribution < 1.29 is 9.84 Å². The van der Waals surface area contributed by atoms with Crippen LogP contribution in [0, 0.1) is 6.92 Å². The zero-order valence-corrected chi connectivity index (χ0v) is 9.60. The van der Waals surface area contributed by atoms with Crippen molar-refractivity contribution in [1.29, 1.82) is 0 Å². The van der Waals surface area contributed by atoms with Crippen molar-refractivity contribution in [2.45, 2.75) is 37.9 Å². The second-order valence-electron chi connectivity index (χ2n) is 5.05. The number of ether oxygens (including phenoxy) is 1. The van der Waals surface area contributed by atoms with Crippen LogP contribution in [0.1, 0.15) is 24.5 Å². The molecule has 1 heterocycles. The molecule has 2 nitrogen and oxygen atoms in total. The first-order valence-corrected chi connectivity index (χ1v) is 5.75. The van der Waals surface area contributed by atoms with Gasteiger partial charge in [0.25, 0.3) is 0 Å². The third-order valence-corrected chi connectivity index (χ3v) is 3.77. The highest BCUT2D eigenvalue weighted by molar-refractivity contribution is 5.50. The highest BCUT2D eigenvalue weighted by Crippen LogP contribution is 2.47. The van der Waals surface area contributed by atoms with E-state index >= 15 is 0 Å². The topological polar surface area (TPSA) is 29.5 Å². The zero-order valence-electron chi connectivity index (χ0n) is 9.60. The molecule has 0 saturated heterocycles. The van der Waals surface area contributed by atoms with Gasteiger partial charge in [-0.25, -0.2) is 0 Å². The van der Waals surface area contributed by atoms with Gasteiger partial charge in [-0.05, 0) is 19.9 Å². The van der Waals surface area contributed by atoms with Crippen molar-refractivity contribution in [2.75, 3.05) is 0 Å². The molecule has 2 heteroatoms. The number of hydrogen-bond donors (Lipinski definition) is 1. The van der Waals surface area contributed by atoms with E-state index in [0.717, 1.165) is 5.75 Å². The first-order valence-electron chi connectivity index (χ1n) is 5.75. The summed E-state index contributed by atoms with van der Waals surface area (Å²) in [6, 6.07) is 6.30. The lowest BCUT2D eigenvalue weighted by Gasteiger charge is -2.32. The van der Waals surface area contributed by atoms with E-state index in [1.54, 1.807) is 0 Å². The fraction of sp³-hybridized carbons (Fsp3) is 0.429. The predicted molar refractivity (Wildman–Crippen MR) is 62.7 cm³/mol. The molecule has 3 rings (SSSR count). The fourth-order valence-electron chi connectivity index (χ4n) is 2.72. The number of rotatable bonds is 0. The average molecular weight is 216 g/mol. The van der Waals surface area contributed by atoms with Crippen LogP contribution in [0.15, 0.2) is 30.4 Å². The van der Waals surface area contributed by atoms with Crippen molar-refractivity contribution in [1.82, 2.24) is 0 Å². The summed E-state index contributed by atoms with van der Waals surface area (Å²) in [5.74, 6) is 0.969. The molecule has 0 spiro atoms. The fourth-order valence-corrected chi connectivity index (χ4v) is 2.72. The third-order valence-electron chi connectivity index (χ3n) is 3.77. The van der Waals surface area contributed by atoms with E-state index in [2.05, 4.69) is 32.1 Å². The molecule has 2 unspecified atom stereocenters. The molecule has 16 heavy (non-hydrogen) atoms. The standard InChI is InChI=1S/C14H16O2/c1-9-3-4-12-11(7-9)14(2)6-5-10(15)8-13(14)16-12/h3-7,10,13,15H,8H2,1-2H3/t10-,13?,14?/m0/s1. The molecule has 0 saturated carbocycles. The highest BCUT2D eigenvalue weighted by atomic mass is 16.5. The lowest BCUT2D eigenvalue weighted by Crippen LogP contribution is -2.39. The number of benzene rings is 1. The molecule has 2 aliphatic rings. The second kappa shape index (κ2) is 3.11. The summed E-state index contributed by atoms with van der Waals surface area (Å²) in [4.78, 5) is 0. The molecule has 0 fully saturated rings. The smallest absolute Gasteiger partial charge is 0.124 e. The van der Waals surface area contributed by atoms with Gasteiger partial charge in [0.15, 0.2) is 0 Å². The minimum absolute atomic E-state index is 0.0689. The normalized spacial score (nSPS) is 35.4. The van der Waals surface area contributed by atoms with Gasteiger partial charge in [0.1, 0.15) is 11.9 Å². The monoisotopic (exact) mass is 216 g/mol. The molecule has 1 aliphatic carbocycles. The van der Waals surface area contributed by atoms with Gasteiger partial charge in [0.05, 0.1) is 11.5 Å². The van der Waals surface area contributed by atoms with Crippen LogP contribution < -0.4 is 4.74 Å². The first-order chi connectivity index (χ1) is 7.59. The second-order valence-corrected chi connectivity index (χ2v) is 5.05. The summed E-state index contributed by atoms with van der Waals surface area (Å²) in [6.07, 6.45) is 4.37. The Labute approximate surface area is 95.6 Å². The Morgan fingerprint density at radius 3 is 3.06 bits per heavy atom. The van der Waals surface area contributed by atoms with E-state index in [-0.39, 0.29) is 17.6 Å². The van der Waals surface area contributed by atoms with Crippen molar-refractivity contribution in [3.05, 3.63) is 41.5 Å². The summed E-state index contributed by atoms with van der Waals surface area (Å²) in [5, 5.41) is 9.64. The lowest BCUT2D eigenvalue weighted by atomic mass is 9.73. The van der Waals surface area contributed by atoms with Crippen LogP contribution >= 0.6 is 0 Å². The summed E-state index contributed by atoms with van der Waals surface area (Å²) < 4.78 is 5.93. The molecule has 84 valence electrons. The Morgan fingerprint density at radius 2 is 2.25 bits per heavy atom. The van der Waals surface area contributed by atoms with E-state index in [1.807, 2.05) is 12.1 Å². The Bertz CT molecular complexity index is 464. The average Bonchev–Trinajstić information content (AvgIpc) is 2.52. The van der Waals surface area contributed by atoms with Gasteiger partial charge < -0.3 is 9.84 Å². The molecule has 0 amide bonds. The number of aryl methyl sites for hydroxylation is 1. The van der Waals surface area contributed by atoms with Crippen LogP contribution in [0.25, 0.3) is 0 Å². The van der Waals surface area contributed by atoms with E-state index in [9.17, 15) is 5.11 Å². The van der Waals surface area contributed by atoms with Gasteiger partial charge >= 0.3 is 0 Å². The third kappa shape index (κ3) is 1.23. The van der Waals surface area contributed by atoms with Crippen LogP contribution in [-0.2, 0) is 5.41 Å². The quantitative estimate of drug-likeness (QED) is 0.674. The largest absolute Gasteiger partial charge is 0.489 e. The van der Waals surface area contributed by atoms with E-state index in [0.29, 0.717) is 6.42 Å². The Balaban J connectivity index is 2.13. The van der Waals surface area contributed by atoms with Gasteiger partial charge in [-0.2, -0.15) is 0 Å². The molecule has 1 aromatic carbocycles. The van der Waals surface area contributed by atoms with Crippen molar-refractivity contribution in [2.24, 2.45) is 0 Å². The number of aliphatic hydroxyl groups excluding tert-OH is 1. The molecular formula is C14H16O2. The van der Waals surface area contributed by atoms with Crippen LogP contribution in [0.3, 0.4) is 0 Å². The molecule has 0 bridgehead atoms. The molecule has 3 atom stereocenters. The Morgan fingerprint density at radius 1 is 1.44 bits per heavy atom. The van der Waals surface area contributed by atoms with Gasteiger partial charge in [-0.1, -0.05) is 29.8 Å². The number of aliphatic hydroxyl groups is 1. The molecule has 1 aromatic rings. The summed E-state index contributed by atoms with van der Waals surface area (Å²) in [6.45, 7) is 4.28. The van der Waals surface area contributed by atoms with Gasteiger partial charge in [-0.3, -0.25) is 0 Å². The first kappa shape index (κ1) is 9.91. The maximum Gasteiger partial charge on any atom is 0.124 e. The Kier molecular flexibility index (Phi) is 1.93. The summed E-state index contributed by atoms with van der Waals surface area (Å²) in [5.41, 5.74) is 2.44. The molecule has 1 aliphatic heterocycles. The number of hydrogen-bond acceptors (Lipinski definition) is 2. The molecule has 1 N–H and O–H groups in total. The Hall–Kier alpha value is -1.28. The highest BCUT2D eigenvalue weighted by Gasteiger charge is 2.45. The van der Waals surface area contributed by atoms with Gasteiger partial charge in [-0.15, -0.1) is 0 Å². The van der Waals surface area contributed by atoms with Crippen molar-refractivity contribution >= 4 is 0 Å². The van der Waals surface area contributed by atoms with E-state index in [1.165, 1.54) is 11.1 Å². The molecular weight excluding hydrogens is 200 g/mol. The van der Waals surface area contributed by atoms with Crippen molar-refractivity contribution in [3.8, 4) is 5.75 Å². The van der Waals surface area contributed by atoms with E-state index in [4.69, 9.17) is 4.74 Å². The molecule has 0 radical (unpaired) electrons. The zero-order chi connectivity index (χ0) is 11.3. The maximum absolute atomic E-state index is 9.64. The minimum Gasteiger partial charge on any atom is -0.489 e. The SMILES string of the molecule is Cc1ccc2c(c1)C1(C)C=C[C@H](O)CC1O2. The summed E-state index contributed by atoms with van der Waals surface area (Å²) >= 11 is 0. The molecule has 0 aromatic heterocycles. The number of fused-ring (bicyclic) bond motifs is 3. The predicted octanol–water partition coefficient (Wildman–Crippen LogP) is 2.33. The van der Waals surface area contributed by atoms with Crippen molar-refractivity contribution in [3.63, 3.8) is 0 Å². The van der Waals surface area contributed by atoms with Crippen LogP contribution in [0.2, 0.25) is 0 Å². The minimum atomic E-state index is -0.367. The van der Waals surface area contributed by atoms with E-state index < -0.39 is 0 Å². The van der Waals surface area contributed by atoms with Gasteiger partial charge in [0, 0.05) is 12.0 Å². The van der Waals surface area contributed by atoms with Crippen LogP contribution in [-0.4, -0.2) is 17.3 Å². The maximum atomic E-state index is 9.64. The van der Waals surface area contributed by atoms with Gasteiger partial charge in [0.2, 0.25) is 0 Å². The van der Waals surface area contributed by atoms with Crippen LogP contribution in [0.4, 0.5) is 0 Å².